The topological polar surface area (TPSA) is 58.6 Å². The highest BCUT2D eigenvalue weighted by Gasteiger charge is 2.32. The van der Waals surface area contributed by atoms with Crippen molar-refractivity contribution in [1.82, 2.24) is 10.2 Å². The van der Waals surface area contributed by atoms with E-state index in [2.05, 4.69) is 97.4 Å². The molecule has 3 amide bonds. The van der Waals surface area contributed by atoms with E-state index in [0.717, 1.165) is 30.4 Å². The Morgan fingerprint density at radius 2 is 1.71 bits per heavy atom. The van der Waals surface area contributed by atoms with E-state index in [1.807, 2.05) is 19.1 Å². The Morgan fingerprint density at radius 1 is 1.07 bits per heavy atom. The minimum Gasteiger partial charge on any atom is -0.487 e. The molecule has 0 aromatic heterocycles. The predicted molar refractivity (Wildman–Crippen MR) is 134 cm³/mol. The molecule has 1 N–H and O–H groups in total. The number of hydrogen-bond donors (Lipinski definition) is 1. The average Bonchev–Trinajstić information content (AvgIpc) is 2.90. The molecule has 0 radical (unpaired) electrons. The SMILES string of the molecule is CCCN1C(=O)N/C(=C/c2cc(I)c(OCc3ccc(I)cc3)c(I)c2)C1=O. The molecule has 2 aromatic carbocycles. The van der Waals surface area contributed by atoms with Crippen LogP contribution >= 0.6 is 67.8 Å². The van der Waals surface area contributed by atoms with Crippen LogP contribution in [0.2, 0.25) is 0 Å². The molecular weight excluding hydrogens is 697 g/mol. The van der Waals surface area contributed by atoms with Crippen molar-refractivity contribution in [3.63, 3.8) is 0 Å². The van der Waals surface area contributed by atoms with Crippen molar-refractivity contribution in [3.05, 3.63) is 63.9 Å². The molecule has 5 nitrogen and oxygen atoms in total. The first-order chi connectivity index (χ1) is 13.4. The fourth-order valence-corrected chi connectivity index (χ4v) is 5.19. The van der Waals surface area contributed by atoms with Gasteiger partial charge in [0.05, 0.1) is 7.14 Å². The number of halogens is 3. The van der Waals surface area contributed by atoms with Gasteiger partial charge < -0.3 is 10.1 Å². The van der Waals surface area contributed by atoms with Crippen molar-refractivity contribution >= 4 is 85.8 Å². The van der Waals surface area contributed by atoms with Gasteiger partial charge in [-0.05, 0) is 116 Å². The molecule has 1 fully saturated rings. The second-order valence-electron chi connectivity index (χ2n) is 6.17. The van der Waals surface area contributed by atoms with Crippen LogP contribution in [-0.2, 0) is 11.4 Å². The summed E-state index contributed by atoms with van der Waals surface area (Å²) >= 11 is 6.74. The van der Waals surface area contributed by atoms with Crippen LogP contribution in [0, 0.1) is 10.7 Å². The largest absolute Gasteiger partial charge is 0.487 e. The summed E-state index contributed by atoms with van der Waals surface area (Å²) in [5.74, 6) is 0.534. The molecule has 0 bridgehead atoms. The van der Waals surface area contributed by atoms with E-state index in [1.165, 1.54) is 8.47 Å². The van der Waals surface area contributed by atoms with Gasteiger partial charge >= 0.3 is 6.03 Å². The lowest BCUT2D eigenvalue weighted by Crippen LogP contribution is -2.31. The highest BCUT2D eigenvalue weighted by atomic mass is 127. The Morgan fingerprint density at radius 3 is 2.32 bits per heavy atom. The minimum atomic E-state index is -0.361. The third kappa shape index (κ3) is 5.17. The summed E-state index contributed by atoms with van der Waals surface area (Å²) in [5, 5.41) is 2.65. The van der Waals surface area contributed by atoms with Gasteiger partial charge in [-0.1, -0.05) is 19.1 Å². The minimum absolute atomic E-state index is 0.282. The summed E-state index contributed by atoms with van der Waals surface area (Å²) in [7, 11) is 0. The third-order valence-corrected chi connectivity index (χ3v) is 6.36. The third-order valence-electron chi connectivity index (χ3n) is 4.04. The van der Waals surface area contributed by atoms with E-state index < -0.39 is 0 Å². The Kier molecular flexibility index (Phi) is 7.59. The van der Waals surface area contributed by atoms with Crippen LogP contribution < -0.4 is 10.1 Å². The molecule has 28 heavy (non-hydrogen) atoms. The van der Waals surface area contributed by atoms with Crippen molar-refractivity contribution in [2.75, 3.05) is 6.54 Å². The summed E-state index contributed by atoms with van der Waals surface area (Å²) in [5.41, 5.74) is 2.25. The zero-order chi connectivity index (χ0) is 20.3. The number of urea groups is 1. The van der Waals surface area contributed by atoms with Crippen molar-refractivity contribution < 1.29 is 14.3 Å². The van der Waals surface area contributed by atoms with E-state index in [-0.39, 0.29) is 11.9 Å². The number of nitrogens with zero attached hydrogens (tertiary/aromatic N) is 1. The quantitative estimate of drug-likeness (QED) is 0.249. The summed E-state index contributed by atoms with van der Waals surface area (Å²) in [6, 6.07) is 11.7. The van der Waals surface area contributed by atoms with Gasteiger partial charge in [-0.2, -0.15) is 0 Å². The molecule has 1 heterocycles. The predicted octanol–water partition coefficient (Wildman–Crippen LogP) is 5.38. The molecule has 2 aromatic rings. The molecule has 1 aliphatic heterocycles. The van der Waals surface area contributed by atoms with E-state index in [4.69, 9.17) is 4.74 Å². The normalized spacial score (nSPS) is 15.3. The van der Waals surface area contributed by atoms with E-state index in [1.54, 1.807) is 6.08 Å². The van der Waals surface area contributed by atoms with Crippen molar-refractivity contribution in [3.8, 4) is 5.75 Å². The Hall–Kier alpha value is -0.890. The second-order valence-corrected chi connectivity index (χ2v) is 9.74. The van der Waals surface area contributed by atoms with Gasteiger partial charge in [0.1, 0.15) is 18.1 Å². The van der Waals surface area contributed by atoms with Crippen molar-refractivity contribution in [2.24, 2.45) is 0 Å². The summed E-state index contributed by atoms with van der Waals surface area (Å²) in [6.07, 6.45) is 2.44. The molecule has 0 unspecified atom stereocenters. The van der Waals surface area contributed by atoms with Crippen LogP contribution in [-0.4, -0.2) is 23.4 Å². The number of carbonyl (C=O) groups excluding carboxylic acids is 2. The van der Waals surface area contributed by atoms with Gasteiger partial charge in [-0.25, -0.2) is 4.79 Å². The molecule has 1 saturated heterocycles. The fraction of sp³-hybridized carbons (Fsp3) is 0.200. The van der Waals surface area contributed by atoms with Crippen LogP contribution in [0.4, 0.5) is 4.79 Å². The molecule has 1 aliphatic rings. The van der Waals surface area contributed by atoms with Gasteiger partial charge in [-0.15, -0.1) is 0 Å². The van der Waals surface area contributed by atoms with Gasteiger partial charge in [0, 0.05) is 10.1 Å². The molecular formula is C20H17I3N2O3. The molecule has 146 valence electrons. The van der Waals surface area contributed by atoms with Gasteiger partial charge in [-0.3, -0.25) is 9.69 Å². The molecule has 0 spiro atoms. The maximum atomic E-state index is 12.4. The molecule has 0 atom stereocenters. The maximum Gasteiger partial charge on any atom is 0.329 e. The highest BCUT2D eigenvalue weighted by Crippen LogP contribution is 2.31. The summed E-state index contributed by atoms with van der Waals surface area (Å²) in [6.45, 7) is 2.84. The monoisotopic (exact) mass is 714 g/mol. The number of hydrogen-bond acceptors (Lipinski definition) is 3. The number of carbonyl (C=O) groups is 2. The lowest BCUT2D eigenvalue weighted by atomic mass is 10.2. The smallest absolute Gasteiger partial charge is 0.329 e. The molecule has 3 rings (SSSR count). The Balaban J connectivity index is 1.77. The number of rotatable bonds is 6. The first-order valence-electron chi connectivity index (χ1n) is 8.60. The van der Waals surface area contributed by atoms with E-state index in [9.17, 15) is 9.59 Å². The highest BCUT2D eigenvalue weighted by molar-refractivity contribution is 14.1. The summed E-state index contributed by atoms with van der Waals surface area (Å²) < 4.78 is 9.11. The standard InChI is InChI=1S/C20H17I3N2O3/c1-2-7-25-19(26)17(24-20(25)27)10-13-8-15(22)18(16(23)9-13)28-11-12-3-5-14(21)6-4-12/h3-6,8-10H,2,7,11H2,1H3,(H,24,27)/b17-10+. The molecule has 0 saturated carbocycles. The van der Waals surface area contributed by atoms with Gasteiger partial charge in [0.15, 0.2) is 0 Å². The lowest BCUT2D eigenvalue weighted by molar-refractivity contribution is -0.122. The second kappa shape index (κ2) is 9.74. The Labute approximate surface area is 204 Å². The summed E-state index contributed by atoms with van der Waals surface area (Å²) in [4.78, 5) is 25.5. The van der Waals surface area contributed by atoms with Crippen LogP contribution in [0.25, 0.3) is 6.08 Å². The Bertz CT molecular complexity index is 919. The number of nitrogens with one attached hydrogen (secondary N) is 1. The van der Waals surface area contributed by atoms with Crippen LogP contribution in [0.5, 0.6) is 5.75 Å². The van der Waals surface area contributed by atoms with Crippen LogP contribution in [0.3, 0.4) is 0 Å². The van der Waals surface area contributed by atoms with E-state index in [0.29, 0.717) is 18.8 Å². The zero-order valence-corrected chi connectivity index (χ0v) is 21.4. The number of ether oxygens (including phenoxy) is 1. The average molecular weight is 714 g/mol. The first kappa shape index (κ1) is 21.8. The molecule has 0 aliphatic carbocycles. The maximum absolute atomic E-state index is 12.4. The van der Waals surface area contributed by atoms with Gasteiger partial charge in [0.25, 0.3) is 5.91 Å². The number of amides is 3. The van der Waals surface area contributed by atoms with E-state index >= 15 is 0 Å². The number of imide groups is 1. The van der Waals surface area contributed by atoms with Gasteiger partial charge in [0.2, 0.25) is 0 Å². The lowest BCUT2D eigenvalue weighted by Gasteiger charge is -2.12. The van der Waals surface area contributed by atoms with Crippen molar-refractivity contribution in [1.29, 1.82) is 0 Å². The molecule has 8 heteroatoms. The van der Waals surface area contributed by atoms with Crippen LogP contribution in [0.15, 0.2) is 42.1 Å². The first-order valence-corrected chi connectivity index (χ1v) is 11.8. The zero-order valence-electron chi connectivity index (χ0n) is 15.0. The van der Waals surface area contributed by atoms with Crippen molar-refractivity contribution in [2.45, 2.75) is 20.0 Å². The van der Waals surface area contributed by atoms with Crippen LogP contribution in [0.1, 0.15) is 24.5 Å². The fourth-order valence-electron chi connectivity index (χ4n) is 2.70. The number of benzene rings is 2.